The Bertz CT molecular complexity index is 1170. The van der Waals surface area contributed by atoms with Crippen molar-refractivity contribution in [1.82, 2.24) is 10.2 Å². The van der Waals surface area contributed by atoms with E-state index in [0.717, 1.165) is 18.2 Å². The number of amides is 2. The lowest BCUT2D eigenvalue weighted by Gasteiger charge is -2.30. The van der Waals surface area contributed by atoms with Gasteiger partial charge in [-0.2, -0.15) is 0 Å². The Balaban J connectivity index is 1.72. The van der Waals surface area contributed by atoms with Gasteiger partial charge in [0.05, 0.1) is 11.9 Å². The molecule has 0 aromatic heterocycles. The summed E-state index contributed by atoms with van der Waals surface area (Å²) in [5, 5.41) is 2.95. The van der Waals surface area contributed by atoms with Crippen LogP contribution in [-0.4, -0.2) is 63.2 Å². The van der Waals surface area contributed by atoms with Gasteiger partial charge in [0.2, 0.25) is 21.8 Å². The number of carbonyl (C=O) groups is 2. The molecule has 0 unspecified atom stereocenters. The van der Waals surface area contributed by atoms with E-state index in [0.29, 0.717) is 30.4 Å². The number of nitrogens with zero attached hydrogens (tertiary/aromatic N) is 2. The molecule has 0 bridgehead atoms. The molecular weight excluding hydrogens is 494 g/mol. The van der Waals surface area contributed by atoms with E-state index in [1.807, 2.05) is 44.2 Å². The Labute approximate surface area is 219 Å². The monoisotopic (exact) mass is 531 g/mol. The summed E-state index contributed by atoms with van der Waals surface area (Å²) >= 11 is 0. The van der Waals surface area contributed by atoms with Crippen LogP contribution in [0.4, 0.5) is 5.69 Å². The average Bonchev–Trinajstić information content (AvgIpc) is 2.88. The predicted octanol–water partition coefficient (Wildman–Crippen LogP) is 3.34. The molecule has 2 aromatic rings. The van der Waals surface area contributed by atoms with E-state index in [9.17, 15) is 18.0 Å². The topological polar surface area (TPSA) is 105 Å². The van der Waals surface area contributed by atoms with Crippen molar-refractivity contribution in [2.45, 2.75) is 58.7 Å². The number of sulfonamides is 1. The van der Waals surface area contributed by atoms with E-state index >= 15 is 0 Å². The van der Waals surface area contributed by atoms with Crippen LogP contribution < -0.4 is 19.1 Å². The number of nitrogens with one attached hydrogen (secondary N) is 1. The van der Waals surface area contributed by atoms with Gasteiger partial charge in [-0.1, -0.05) is 37.3 Å². The van der Waals surface area contributed by atoms with E-state index in [4.69, 9.17) is 9.47 Å². The van der Waals surface area contributed by atoms with Crippen molar-refractivity contribution in [1.29, 1.82) is 0 Å². The van der Waals surface area contributed by atoms with Crippen molar-refractivity contribution in [2.24, 2.45) is 0 Å². The normalized spacial score (nSPS) is 14.4. The first kappa shape index (κ1) is 28.3. The summed E-state index contributed by atoms with van der Waals surface area (Å²) in [5.41, 5.74) is 1.36. The van der Waals surface area contributed by atoms with Gasteiger partial charge in [0.1, 0.15) is 19.3 Å². The number of carbonyl (C=O) groups excluding carboxylic acids is 2. The van der Waals surface area contributed by atoms with Crippen LogP contribution in [0.25, 0.3) is 0 Å². The SMILES string of the molecule is CC[C@@H](C)NC(=O)[C@H](C)N(Cc1ccccc1)C(=O)CCCN(c1ccc2c(c1)OCCO2)S(C)(=O)=O. The van der Waals surface area contributed by atoms with E-state index in [-0.39, 0.29) is 43.8 Å². The molecule has 2 amide bonds. The van der Waals surface area contributed by atoms with E-state index in [1.165, 1.54) is 4.31 Å². The van der Waals surface area contributed by atoms with E-state index in [1.54, 1.807) is 30.0 Å². The van der Waals surface area contributed by atoms with Gasteiger partial charge in [-0.25, -0.2) is 8.42 Å². The smallest absolute Gasteiger partial charge is 0.242 e. The van der Waals surface area contributed by atoms with E-state index in [2.05, 4.69) is 5.32 Å². The molecule has 202 valence electrons. The van der Waals surface area contributed by atoms with Crippen molar-refractivity contribution < 1.29 is 27.5 Å². The maximum absolute atomic E-state index is 13.3. The summed E-state index contributed by atoms with van der Waals surface area (Å²) in [5.74, 6) is 0.627. The van der Waals surface area contributed by atoms with Crippen LogP contribution in [0.5, 0.6) is 11.5 Å². The summed E-state index contributed by atoms with van der Waals surface area (Å²) in [6.45, 7) is 6.85. The van der Waals surface area contributed by atoms with Gasteiger partial charge in [0.25, 0.3) is 0 Å². The summed E-state index contributed by atoms with van der Waals surface area (Å²) in [4.78, 5) is 27.8. The predicted molar refractivity (Wildman–Crippen MR) is 143 cm³/mol. The van der Waals surface area contributed by atoms with Crippen LogP contribution in [0, 0.1) is 0 Å². The molecule has 0 saturated heterocycles. The number of benzene rings is 2. The second kappa shape index (κ2) is 12.8. The minimum Gasteiger partial charge on any atom is -0.486 e. The molecule has 0 aliphatic carbocycles. The highest BCUT2D eigenvalue weighted by Gasteiger charge is 2.27. The lowest BCUT2D eigenvalue weighted by molar-refractivity contribution is -0.140. The van der Waals surface area contributed by atoms with Crippen LogP contribution in [0.15, 0.2) is 48.5 Å². The third-order valence-corrected chi connectivity index (χ3v) is 7.52. The number of fused-ring (bicyclic) bond motifs is 1. The first-order valence-electron chi connectivity index (χ1n) is 12.6. The van der Waals surface area contributed by atoms with Gasteiger partial charge < -0.3 is 19.7 Å². The number of hydrogen-bond donors (Lipinski definition) is 1. The molecule has 2 aromatic carbocycles. The van der Waals surface area contributed by atoms with Crippen molar-refractivity contribution in [3.8, 4) is 11.5 Å². The van der Waals surface area contributed by atoms with Crippen LogP contribution in [-0.2, 0) is 26.2 Å². The second-order valence-corrected chi connectivity index (χ2v) is 11.2. The number of ether oxygens (including phenoxy) is 2. The summed E-state index contributed by atoms with van der Waals surface area (Å²) in [7, 11) is -3.61. The molecule has 0 spiro atoms. The number of rotatable bonds is 12. The van der Waals surface area contributed by atoms with E-state index < -0.39 is 16.1 Å². The highest BCUT2D eigenvalue weighted by Crippen LogP contribution is 2.34. The quantitative estimate of drug-likeness (QED) is 0.451. The Morgan fingerprint density at radius 1 is 1.03 bits per heavy atom. The Kier molecular flexibility index (Phi) is 9.79. The first-order chi connectivity index (χ1) is 17.6. The minimum atomic E-state index is -3.61. The Morgan fingerprint density at radius 2 is 1.70 bits per heavy atom. The van der Waals surface area contributed by atoms with Crippen molar-refractivity contribution >= 4 is 27.5 Å². The number of anilines is 1. The molecule has 0 saturated carbocycles. The summed E-state index contributed by atoms with van der Waals surface area (Å²) in [6.07, 6.45) is 2.29. The Hall–Kier alpha value is -3.27. The highest BCUT2D eigenvalue weighted by atomic mass is 32.2. The van der Waals surface area contributed by atoms with Crippen LogP contribution >= 0.6 is 0 Å². The molecule has 1 aliphatic rings. The van der Waals surface area contributed by atoms with Gasteiger partial charge in [0.15, 0.2) is 11.5 Å². The molecule has 9 nitrogen and oxygen atoms in total. The average molecular weight is 532 g/mol. The molecule has 1 N–H and O–H groups in total. The van der Waals surface area contributed by atoms with Crippen molar-refractivity contribution in [3.05, 3.63) is 54.1 Å². The van der Waals surface area contributed by atoms with Gasteiger partial charge in [-0.05, 0) is 44.4 Å². The van der Waals surface area contributed by atoms with Gasteiger partial charge in [-0.3, -0.25) is 13.9 Å². The fourth-order valence-corrected chi connectivity index (χ4v) is 4.98. The second-order valence-electron chi connectivity index (χ2n) is 9.27. The molecule has 37 heavy (non-hydrogen) atoms. The maximum atomic E-state index is 13.3. The standard InChI is InChI=1S/C27H37N3O6S/c1-5-20(2)28-27(32)21(3)29(19-22-10-7-6-8-11-22)26(31)12-9-15-30(37(4,33)34)23-13-14-24-25(18-23)36-17-16-35-24/h6-8,10-11,13-14,18,20-21H,5,9,12,15-17,19H2,1-4H3,(H,28,32)/t20-,21+/m1/s1. The van der Waals surface area contributed by atoms with Crippen molar-refractivity contribution in [2.75, 3.05) is 30.3 Å². The zero-order valence-corrected chi connectivity index (χ0v) is 22.8. The van der Waals surface area contributed by atoms with Crippen LogP contribution in [0.2, 0.25) is 0 Å². The lowest BCUT2D eigenvalue weighted by Crippen LogP contribution is -2.49. The van der Waals surface area contributed by atoms with Gasteiger partial charge >= 0.3 is 0 Å². The van der Waals surface area contributed by atoms with Gasteiger partial charge in [0, 0.05) is 31.6 Å². The molecular formula is C27H37N3O6S. The zero-order chi connectivity index (χ0) is 27.0. The third-order valence-electron chi connectivity index (χ3n) is 6.33. The Morgan fingerprint density at radius 3 is 2.35 bits per heavy atom. The molecule has 0 radical (unpaired) electrons. The largest absolute Gasteiger partial charge is 0.486 e. The fourth-order valence-electron chi connectivity index (χ4n) is 4.02. The summed E-state index contributed by atoms with van der Waals surface area (Å²) < 4.78 is 37.6. The molecule has 1 aliphatic heterocycles. The first-order valence-corrected chi connectivity index (χ1v) is 14.5. The van der Waals surface area contributed by atoms with Gasteiger partial charge in [-0.15, -0.1) is 0 Å². The van der Waals surface area contributed by atoms with Crippen LogP contribution in [0.3, 0.4) is 0 Å². The zero-order valence-electron chi connectivity index (χ0n) is 22.0. The maximum Gasteiger partial charge on any atom is 0.242 e. The third kappa shape index (κ3) is 7.85. The molecule has 2 atom stereocenters. The fraction of sp³-hybridized carbons (Fsp3) is 0.481. The molecule has 1 heterocycles. The molecule has 0 fully saturated rings. The molecule has 10 heteroatoms. The van der Waals surface area contributed by atoms with Crippen LogP contribution in [0.1, 0.15) is 45.6 Å². The lowest BCUT2D eigenvalue weighted by atomic mass is 10.1. The number of hydrogen-bond acceptors (Lipinski definition) is 6. The van der Waals surface area contributed by atoms with Crippen molar-refractivity contribution in [3.63, 3.8) is 0 Å². The summed E-state index contributed by atoms with van der Waals surface area (Å²) in [6, 6.07) is 13.8. The molecule has 3 rings (SSSR count). The minimum absolute atomic E-state index is 0.00190. The highest BCUT2D eigenvalue weighted by molar-refractivity contribution is 7.92.